The van der Waals surface area contributed by atoms with E-state index in [1.165, 1.54) is 6.08 Å². The first-order valence-corrected chi connectivity index (χ1v) is 6.76. The molecule has 0 radical (unpaired) electrons. The molecule has 2 aromatic heterocycles. The van der Waals surface area contributed by atoms with Crippen molar-refractivity contribution in [2.75, 3.05) is 7.11 Å². The molecule has 0 atom stereocenters. The van der Waals surface area contributed by atoms with Crippen molar-refractivity contribution in [3.05, 3.63) is 54.4 Å². The number of nitrogens with one attached hydrogen (secondary N) is 1. The lowest BCUT2D eigenvalue weighted by atomic mass is 10.1. The molecular formula is C17H15N3O2. The van der Waals surface area contributed by atoms with Crippen molar-refractivity contribution >= 4 is 23.0 Å². The maximum Gasteiger partial charge on any atom is 0.241 e. The smallest absolute Gasteiger partial charge is 0.241 e. The van der Waals surface area contributed by atoms with Gasteiger partial charge in [0, 0.05) is 35.0 Å². The Morgan fingerprint density at radius 3 is 2.95 bits per heavy atom. The zero-order chi connectivity index (χ0) is 15.5. The van der Waals surface area contributed by atoms with E-state index in [9.17, 15) is 4.79 Å². The number of ether oxygens (including phenoxy) is 1. The van der Waals surface area contributed by atoms with Crippen molar-refractivity contribution < 1.29 is 9.53 Å². The highest BCUT2D eigenvalue weighted by Crippen LogP contribution is 2.27. The summed E-state index contributed by atoms with van der Waals surface area (Å²) in [5.74, 6) is 0.312. The number of H-pyrrole nitrogens is 1. The van der Waals surface area contributed by atoms with Crippen LogP contribution in [-0.2, 0) is 4.79 Å². The van der Waals surface area contributed by atoms with Gasteiger partial charge in [-0.1, -0.05) is 12.1 Å². The van der Waals surface area contributed by atoms with Crippen molar-refractivity contribution in [2.45, 2.75) is 0 Å². The molecule has 0 saturated carbocycles. The van der Waals surface area contributed by atoms with Crippen LogP contribution in [0.1, 0.15) is 5.56 Å². The number of pyridine rings is 1. The second kappa shape index (κ2) is 5.73. The van der Waals surface area contributed by atoms with Crippen LogP contribution in [0.5, 0.6) is 5.75 Å². The molecule has 0 aliphatic rings. The summed E-state index contributed by atoms with van der Waals surface area (Å²) in [4.78, 5) is 18.4. The maximum atomic E-state index is 10.9. The Bertz CT molecular complexity index is 865. The average Bonchev–Trinajstić information content (AvgIpc) is 2.95. The molecule has 0 aliphatic carbocycles. The topological polar surface area (TPSA) is 81.0 Å². The lowest BCUT2D eigenvalue weighted by Crippen LogP contribution is -2.04. The number of nitrogens with zero attached hydrogens (tertiary/aromatic N) is 1. The minimum Gasteiger partial charge on any atom is -0.497 e. The summed E-state index contributed by atoms with van der Waals surface area (Å²) < 4.78 is 5.25. The van der Waals surface area contributed by atoms with Gasteiger partial charge < -0.3 is 15.5 Å². The van der Waals surface area contributed by atoms with Crippen LogP contribution in [0.4, 0.5) is 0 Å². The number of amides is 1. The Morgan fingerprint density at radius 2 is 2.18 bits per heavy atom. The van der Waals surface area contributed by atoms with E-state index in [4.69, 9.17) is 10.5 Å². The van der Waals surface area contributed by atoms with E-state index >= 15 is 0 Å². The first-order chi connectivity index (χ1) is 10.7. The highest BCUT2D eigenvalue weighted by atomic mass is 16.5. The van der Waals surface area contributed by atoms with Gasteiger partial charge in [0.25, 0.3) is 0 Å². The molecule has 0 saturated heterocycles. The SMILES string of the molecule is COc1cccc(-c2cnc3[nH]cc(C=CC(N)=O)c3c2)c1. The van der Waals surface area contributed by atoms with E-state index in [-0.39, 0.29) is 0 Å². The molecular weight excluding hydrogens is 278 g/mol. The van der Waals surface area contributed by atoms with E-state index < -0.39 is 5.91 Å². The normalized spacial score (nSPS) is 11.1. The number of hydrogen-bond donors (Lipinski definition) is 2. The third-order valence-corrected chi connectivity index (χ3v) is 3.39. The first kappa shape index (κ1) is 13.9. The summed E-state index contributed by atoms with van der Waals surface area (Å²) in [5, 5.41) is 0.929. The van der Waals surface area contributed by atoms with E-state index in [1.807, 2.05) is 30.3 Å². The van der Waals surface area contributed by atoms with Crippen LogP contribution in [0, 0.1) is 0 Å². The molecule has 5 nitrogen and oxygen atoms in total. The quantitative estimate of drug-likeness (QED) is 0.726. The van der Waals surface area contributed by atoms with Gasteiger partial charge in [-0.3, -0.25) is 4.79 Å². The van der Waals surface area contributed by atoms with Crippen molar-refractivity contribution in [1.29, 1.82) is 0 Å². The lowest BCUT2D eigenvalue weighted by molar-refractivity contribution is -0.113. The Labute approximate surface area is 127 Å². The number of carbonyl (C=O) groups excluding carboxylic acids is 1. The fourth-order valence-corrected chi connectivity index (χ4v) is 2.29. The highest BCUT2D eigenvalue weighted by Gasteiger charge is 2.06. The van der Waals surface area contributed by atoms with Crippen LogP contribution in [0.3, 0.4) is 0 Å². The van der Waals surface area contributed by atoms with Gasteiger partial charge in [0.15, 0.2) is 0 Å². The summed E-state index contributed by atoms with van der Waals surface area (Å²) in [5.41, 5.74) is 8.75. The molecule has 2 heterocycles. The largest absolute Gasteiger partial charge is 0.497 e. The number of primary amides is 1. The average molecular weight is 293 g/mol. The number of hydrogen-bond acceptors (Lipinski definition) is 3. The molecule has 0 fully saturated rings. The van der Waals surface area contributed by atoms with Gasteiger partial charge in [0.1, 0.15) is 11.4 Å². The molecule has 0 bridgehead atoms. The molecule has 0 spiro atoms. The van der Waals surface area contributed by atoms with Gasteiger partial charge in [0.2, 0.25) is 5.91 Å². The number of carbonyl (C=O) groups is 1. The summed E-state index contributed by atoms with van der Waals surface area (Å²) in [6.45, 7) is 0. The zero-order valence-electron chi connectivity index (χ0n) is 12.0. The second-order valence-corrected chi connectivity index (χ2v) is 4.83. The Hall–Kier alpha value is -3.08. The van der Waals surface area contributed by atoms with Gasteiger partial charge >= 0.3 is 0 Å². The molecule has 5 heteroatoms. The predicted molar refractivity (Wildman–Crippen MR) is 86.3 cm³/mol. The summed E-state index contributed by atoms with van der Waals surface area (Å²) in [6.07, 6.45) is 6.61. The highest BCUT2D eigenvalue weighted by molar-refractivity contribution is 5.95. The van der Waals surface area contributed by atoms with E-state index in [0.717, 1.165) is 33.5 Å². The monoisotopic (exact) mass is 293 g/mol. The molecule has 1 aromatic carbocycles. The molecule has 1 amide bonds. The number of fused-ring (bicyclic) bond motifs is 1. The predicted octanol–water partition coefficient (Wildman–Crippen LogP) is 2.74. The van der Waals surface area contributed by atoms with Crippen molar-refractivity contribution in [2.24, 2.45) is 5.73 Å². The fraction of sp³-hybridized carbons (Fsp3) is 0.0588. The molecule has 3 aromatic rings. The van der Waals surface area contributed by atoms with Crippen molar-refractivity contribution in [3.63, 3.8) is 0 Å². The number of methoxy groups -OCH3 is 1. The van der Waals surface area contributed by atoms with Crippen molar-refractivity contribution in [3.8, 4) is 16.9 Å². The summed E-state index contributed by atoms with van der Waals surface area (Å²) in [7, 11) is 1.64. The van der Waals surface area contributed by atoms with Gasteiger partial charge in [-0.15, -0.1) is 0 Å². The molecule has 3 rings (SSSR count). The van der Waals surface area contributed by atoms with Crippen LogP contribution in [-0.4, -0.2) is 23.0 Å². The maximum absolute atomic E-state index is 10.9. The second-order valence-electron chi connectivity index (χ2n) is 4.83. The van der Waals surface area contributed by atoms with Gasteiger partial charge in [0.05, 0.1) is 7.11 Å². The van der Waals surface area contributed by atoms with Crippen LogP contribution >= 0.6 is 0 Å². The van der Waals surface area contributed by atoms with Crippen LogP contribution in [0.2, 0.25) is 0 Å². The summed E-state index contributed by atoms with van der Waals surface area (Å²) >= 11 is 0. The van der Waals surface area contributed by atoms with Crippen LogP contribution in [0.15, 0.2) is 48.8 Å². The number of aromatic amines is 1. The zero-order valence-corrected chi connectivity index (χ0v) is 12.0. The van der Waals surface area contributed by atoms with Crippen molar-refractivity contribution in [1.82, 2.24) is 9.97 Å². The fourth-order valence-electron chi connectivity index (χ4n) is 2.29. The molecule has 110 valence electrons. The van der Waals surface area contributed by atoms with E-state index in [2.05, 4.69) is 9.97 Å². The number of benzene rings is 1. The van der Waals surface area contributed by atoms with Gasteiger partial charge in [-0.2, -0.15) is 0 Å². The lowest BCUT2D eigenvalue weighted by Gasteiger charge is -2.05. The number of nitrogens with two attached hydrogens (primary N) is 1. The molecule has 0 unspecified atom stereocenters. The minimum atomic E-state index is -0.480. The first-order valence-electron chi connectivity index (χ1n) is 6.76. The van der Waals surface area contributed by atoms with Gasteiger partial charge in [-0.05, 0) is 29.8 Å². The Morgan fingerprint density at radius 1 is 1.32 bits per heavy atom. The van der Waals surface area contributed by atoms with Crippen LogP contribution < -0.4 is 10.5 Å². The standard InChI is InChI=1S/C17H15N3O2/c1-22-14-4-2-3-11(7-14)13-8-15-12(5-6-16(18)21)9-19-17(15)20-10-13/h2-10H,1H3,(H2,18,21)(H,19,20). The summed E-state index contributed by atoms with van der Waals surface area (Å²) in [6, 6.07) is 9.80. The molecule has 22 heavy (non-hydrogen) atoms. The molecule has 3 N–H and O–H groups in total. The van der Waals surface area contributed by atoms with E-state index in [1.54, 1.807) is 25.6 Å². The number of aromatic nitrogens is 2. The molecule has 0 aliphatic heterocycles. The minimum absolute atomic E-state index is 0.480. The Kier molecular flexibility index (Phi) is 3.62. The third-order valence-electron chi connectivity index (χ3n) is 3.39. The third kappa shape index (κ3) is 2.69. The van der Waals surface area contributed by atoms with Gasteiger partial charge in [-0.25, -0.2) is 4.98 Å². The van der Waals surface area contributed by atoms with E-state index in [0.29, 0.717) is 0 Å². The Balaban J connectivity index is 2.08. The van der Waals surface area contributed by atoms with Crippen LogP contribution in [0.25, 0.3) is 28.2 Å². The number of rotatable bonds is 4.